The van der Waals surface area contributed by atoms with Crippen molar-refractivity contribution in [3.63, 3.8) is 0 Å². The van der Waals surface area contributed by atoms with Gasteiger partial charge in [0, 0.05) is 31.2 Å². The maximum absolute atomic E-state index is 12.6. The minimum Gasteiger partial charge on any atom is -0.435 e. The molecular weight excluding hydrogens is 328 g/mol. The van der Waals surface area contributed by atoms with Crippen molar-refractivity contribution in [1.29, 1.82) is 0 Å². The minimum absolute atomic E-state index is 0.00424. The molecule has 2 heterocycles. The van der Waals surface area contributed by atoms with Crippen molar-refractivity contribution in [2.45, 2.75) is 51.6 Å². The molecule has 7 heteroatoms. The second-order valence-corrected chi connectivity index (χ2v) is 9.76. The van der Waals surface area contributed by atoms with E-state index in [9.17, 15) is 18.3 Å². The number of hydrogen-bond donors (Lipinski definition) is 1. The summed E-state index contributed by atoms with van der Waals surface area (Å²) < 4.78 is 25.0. The van der Waals surface area contributed by atoms with E-state index in [4.69, 9.17) is 0 Å². The monoisotopic (exact) mass is 355 g/mol. The van der Waals surface area contributed by atoms with Gasteiger partial charge >= 0.3 is 6.09 Å². The van der Waals surface area contributed by atoms with Crippen molar-refractivity contribution >= 4 is 15.9 Å². The second kappa shape index (κ2) is 6.80. The molecule has 0 aliphatic carbocycles. The molecule has 1 aromatic rings. The molecule has 2 atom stereocenters. The number of aromatic nitrogens is 1. The predicted octanol–water partition coefficient (Wildman–Crippen LogP) is 2.49. The van der Waals surface area contributed by atoms with E-state index in [0.717, 1.165) is 12.1 Å². The average molecular weight is 355 g/mol. The zero-order valence-electron chi connectivity index (χ0n) is 14.6. The summed E-state index contributed by atoms with van der Waals surface area (Å²) in [6, 6.07) is 5.03. The fourth-order valence-corrected chi connectivity index (χ4v) is 5.49. The highest BCUT2D eigenvalue weighted by Gasteiger charge is 2.57. The SMILES string of the molecule is CC(C)(C)[N+]1(C(=O)O)CCCC1CS(=O)(=O)CCc1ccccn1. The summed E-state index contributed by atoms with van der Waals surface area (Å²) in [5.41, 5.74) is 0.200. The maximum atomic E-state index is 12.6. The Labute approximate surface area is 144 Å². The van der Waals surface area contributed by atoms with Crippen molar-refractivity contribution < 1.29 is 22.8 Å². The van der Waals surface area contributed by atoms with Crippen LogP contribution in [-0.2, 0) is 16.3 Å². The number of nitrogens with zero attached hydrogens (tertiary/aromatic N) is 2. The number of amides is 1. The molecule has 1 aromatic heterocycles. The van der Waals surface area contributed by atoms with E-state index in [0.29, 0.717) is 19.4 Å². The van der Waals surface area contributed by atoms with Gasteiger partial charge in [-0.2, -0.15) is 4.79 Å². The van der Waals surface area contributed by atoms with Gasteiger partial charge < -0.3 is 5.11 Å². The largest absolute Gasteiger partial charge is 0.514 e. The lowest BCUT2D eigenvalue weighted by Crippen LogP contribution is -2.67. The summed E-state index contributed by atoms with van der Waals surface area (Å²) in [7, 11) is -3.35. The van der Waals surface area contributed by atoms with Gasteiger partial charge in [-0.3, -0.25) is 4.98 Å². The lowest BCUT2D eigenvalue weighted by molar-refractivity contribution is -0.912. The van der Waals surface area contributed by atoms with Crippen molar-refractivity contribution in [3.05, 3.63) is 30.1 Å². The lowest BCUT2D eigenvalue weighted by atomic mass is 10.0. The highest BCUT2D eigenvalue weighted by atomic mass is 32.2. The molecular formula is C17H27N2O4S+. The number of carboxylic acid groups (broad SMARTS) is 1. The third-order valence-electron chi connectivity index (χ3n) is 5.05. The van der Waals surface area contributed by atoms with Crippen molar-refractivity contribution in [3.8, 4) is 0 Å². The summed E-state index contributed by atoms with van der Waals surface area (Å²) in [5.74, 6) is -0.0757. The smallest absolute Gasteiger partial charge is 0.435 e. The Bertz CT molecular complexity index is 682. The molecule has 0 aromatic carbocycles. The molecule has 6 nitrogen and oxygen atoms in total. The Balaban J connectivity index is 2.14. The van der Waals surface area contributed by atoms with Gasteiger partial charge in [-0.25, -0.2) is 12.9 Å². The lowest BCUT2D eigenvalue weighted by Gasteiger charge is -2.44. The molecule has 1 fully saturated rings. The van der Waals surface area contributed by atoms with Gasteiger partial charge in [-0.15, -0.1) is 0 Å². The minimum atomic E-state index is -3.35. The van der Waals surface area contributed by atoms with Gasteiger partial charge in [-0.05, 0) is 32.9 Å². The first-order valence-electron chi connectivity index (χ1n) is 8.30. The number of hydrogen-bond acceptors (Lipinski definition) is 4. The molecule has 1 aliphatic rings. The number of carbonyl (C=O) groups is 1. The topological polar surface area (TPSA) is 84.3 Å². The second-order valence-electron chi connectivity index (χ2n) is 7.53. The fourth-order valence-electron chi connectivity index (χ4n) is 3.79. The van der Waals surface area contributed by atoms with E-state index in [2.05, 4.69) is 4.98 Å². The Morgan fingerprint density at radius 2 is 2.08 bits per heavy atom. The van der Waals surface area contributed by atoms with Crippen LogP contribution < -0.4 is 0 Å². The van der Waals surface area contributed by atoms with Crippen LogP contribution in [0.2, 0.25) is 0 Å². The Morgan fingerprint density at radius 1 is 1.38 bits per heavy atom. The van der Waals surface area contributed by atoms with Gasteiger partial charge in [0.25, 0.3) is 0 Å². The van der Waals surface area contributed by atoms with Crippen LogP contribution in [0.3, 0.4) is 0 Å². The van der Waals surface area contributed by atoms with E-state index >= 15 is 0 Å². The van der Waals surface area contributed by atoms with Gasteiger partial charge in [-0.1, -0.05) is 6.07 Å². The first-order chi connectivity index (χ1) is 11.1. The van der Waals surface area contributed by atoms with Crippen LogP contribution in [0.25, 0.3) is 0 Å². The third-order valence-corrected chi connectivity index (χ3v) is 6.77. The van der Waals surface area contributed by atoms with E-state index in [-0.39, 0.29) is 16.0 Å². The van der Waals surface area contributed by atoms with E-state index in [1.165, 1.54) is 0 Å². The Morgan fingerprint density at radius 3 is 2.62 bits per heavy atom. The summed E-state index contributed by atoms with van der Waals surface area (Å²) in [4.78, 5) is 16.2. The normalized spacial score (nSPS) is 24.9. The Kier molecular flexibility index (Phi) is 5.34. The molecule has 1 amide bonds. The zero-order valence-corrected chi connectivity index (χ0v) is 15.4. The van der Waals surface area contributed by atoms with Crippen LogP contribution in [0.15, 0.2) is 24.4 Å². The number of aryl methyl sites for hydroxylation is 1. The molecule has 2 unspecified atom stereocenters. The molecule has 134 valence electrons. The first-order valence-corrected chi connectivity index (χ1v) is 10.1. The van der Waals surface area contributed by atoms with Crippen LogP contribution in [0.1, 0.15) is 39.3 Å². The molecule has 0 radical (unpaired) electrons. The van der Waals surface area contributed by atoms with Crippen LogP contribution in [0.5, 0.6) is 0 Å². The molecule has 1 N–H and O–H groups in total. The Hall–Kier alpha value is -1.47. The standard InChI is InChI=1S/C17H26N2O4S/c1-17(2,3)19(16(20)21)11-6-8-15(19)13-24(22,23)12-9-14-7-4-5-10-18-14/h4-5,7,10,15H,6,8-9,11-13H2,1-3H3/p+1. The van der Waals surface area contributed by atoms with Crippen LogP contribution in [-0.4, -0.2) is 58.7 Å². The molecule has 0 saturated carbocycles. The zero-order chi connectivity index (χ0) is 18.0. The van der Waals surface area contributed by atoms with Gasteiger partial charge in [0.05, 0.1) is 12.3 Å². The quantitative estimate of drug-likeness (QED) is 0.820. The summed E-state index contributed by atoms with van der Waals surface area (Å²) >= 11 is 0. The summed E-state index contributed by atoms with van der Waals surface area (Å²) in [6.45, 7) is 6.11. The first kappa shape index (κ1) is 18.9. The van der Waals surface area contributed by atoms with Crippen molar-refractivity contribution in [2.75, 3.05) is 18.1 Å². The predicted molar refractivity (Wildman–Crippen MR) is 92.5 cm³/mol. The number of likely N-dealkylation sites (tertiary alicyclic amines) is 1. The van der Waals surface area contributed by atoms with Crippen molar-refractivity contribution in [2.24, 2.45) is 0 Å². The summed E-state index contributed by atoms with van der Waals surface area (Å²) in [5, 5.41) is 9.84. The van der Waals surface area contributed by atoms with Gasteiger partial charge in [0.1, 0.15) is 17.3 Å². The number of pyridine rings is 1. The van der Waals surface area contributed by atoms with Crippen LogP contribution >= 0.6 is 0 Å². The van der Waals surface area contributed by atoms with E-state index in [1.807, 2.05) is 26.8 Å². The van der Waals surface area contributed by atoms with Crippen LogP contribution in [0, 0.1) is 0 Å². The van der Waals surface area contributed by atoms with Crippen molar-refractivity contribution in [1.82, 2.24) is 4.98 Å². The molecule has 2 rings (SSSR count). The highest BCUT2D eigenvalue weighted by Crippen LogP contribution is 2.37. The molecule has 0 bridgehead atoms. The third kappa shape index (κ3) is 3.78. The highest BCUT2D eigenvalue weighted by molar-refractivity contribution is 7.91. The molecule has 24 heavy (non-hydrogen) atoms. The average Bonchev–Trinajstić information content (AvgIpc) is 2.90. The number of sulfone groups is 1. The maximum Gasteiger partial charge on any atom is 0.514 e. The number of quaternary nitrogens is 1. The van der Waals surface area contributed by atoms with Gasteiger partial charge in [0.2, 0.25) is 0 Å². The number of rotatable bonds is 5. The molecule has 0 spiro atoms. The van der Waals surface area contributed by atoms with Gasteiger partial charge in [0.15, 0.2) is 9.84 Å². The van der Waals surface area contributed by atoms with E-state index < -0.39 is 27.5 Å². The van der Waals surface area contributed by atoms with E-state index in [1.54, 1.807) is 18.3 Å². The fraction of sp³-hybridized carbons (Fsp3) is 0.647. The molecule has 1 aliphatic heterocycles. The summed E-state index contributed by atoms with van der Waals surface area (Å²) in [6.07, 6.45) is 2.45. The van der Waals surface area contributed by atoms with Crippen LogP contribution in [0.4, 0.5) is 4.79 Å². The molecule has 1 saturated heterocycles.